The van der Waals surface area contributed by atoms with E-state index in [0.717, 1.165) is 66.2 Å². The average Bonchev–Trinajstić information content (AvgIpc) is 3.57. The summed E-state index contributed by atoms with van der Waals surface area (Å²) in [7, 11) is 0.988. The first-order valence-electron chi connectivity index (χ1n) is 12.9. The van der Waals surface area contributed by atoms with Crippen LogP contribution >= 0.6 is 0 Å². The van der Waals surface area contributed by atoms with E-state index in [1.54, 1.807) is 12.1 Å². The molecular formula is C27H30F3N5O4. The molecule has 208 valence electrons. The van der Waals surface area contributed by atoms with Crippen LogP contribution in [0.1, 0.15) is 41.7 Å². The highest BCUT2D eigenvalue weighted by Crippen LogP contribution is 2.38. The molecule has 0 atom stereocenters. The largest absolute Gasteiger partial charge is 0.493 e. The Bertz CT molecular complexity index is 1380. The summed E-state index contributed by atoms with van der Waals surface area (Å²) >= 11 is 0. The predicted molar refractivity (Wildman–Crippen MR) is 138 cm³/mol. The number of piperazine rings is 1. The number of anilines is 1. The Labute approximate surface area is 223 Å². The molecule has 2 N–H and O–H groups in total. The van der Waals surface area contributed by atoms with Gasteiger partial charge in [0.15, 0.2) is 0 Å². The van der Waals surface area contributed by atoms with Crippen molar-refractivity contribution in [3.8, 4) is 16.9 Å². The normalized spacial score (nSPS) is 16.5. The highest BCUT2D eigenvalue weighted by molar-refractivity contribution is 6.01. The van der Waals surface area contributed by atoms with Crippen LogP contribution in [0.3, 0.4) is 0 Å². The first-order valence-corrected chi connectivity index (χ1v) is 12.9. The summed E-state index contributed by atoms with van der Waals surface area (Å²) in [6.07, 6.45) is -0.814. The molecule has 2 aromatic carbocycles. The highest BCUT2D eigenvalue weighted by Gasteiger charge is 2.43. The standard InChI is InChI=1S/C27H30F3N5O4/c1-16-24-21(33-32-16)13-18(15-23(24)38-19-5-3-4-6-19)17-7-8-20(22(14-17)35-11-9-31-10-12-35)25(36)34(2)39-26(37)27(28,29)30/h7-8,13-15,19,31H,3-6,9-12H2,1-2H3,(H,32,33). The van der Waals surface area contributed by atoms with E-state index in [1.807, 2.05) is 30.0 Å². The van der Waals surface area contributed by atoms with E-state index >= 15 is 0 Å². The van der Waals surface area contributed by atoms with Crippen molar-refractivity contribution in [3.63, 3.8) is 0 Å². The lowest BCUT2D eigenvalue weighted by Crippen LogP contribution is -2.44. The van der Waals surface area contributed by atoms with Gasteiger partial charge in [-0.2, -0.15) is 23.3 Å². The summed E-state index contributed by atoms with van der Waals surface area (Å²) in [6, 6.07) is 9.01. The van der Waals surface area contributed by atoms with Gasteiger partial charge in [0.2, 0.25) is 0 Å². The third kappa shape index (κ3) is 5.65. The number of rotatable bonds is 5. The number of aromatic nitrogens is 2. The maximum absolute atomic E-state index is 13.1. The monoisotopic (exact) mass is 545 g/mol. The van der Waals surface area contributed by atoms with Crippen molar-refractivity contribution in [3.05, 3.63) is 41.6 Å². The molecule has 39 heavy (non-hydrogen) atoms. The number of ether oxygens (including phenoxy) is 1. The van der Waals surface area contributed by atoms with Gasteiger partial charge < -0.3 is 19.8 Å². The molecule has 0 bridgehead atoms. The van der Waals surface area contributed by atoms with Gasteiger partial charge in [0.05, 0.1) is 28.3 Å². The summed E-state index contributed by atoms with van der Waals surface area (Å²) in [4.78, 5) is 30.7. The summed E-state index contributed by atoms with van der Waals surface area (Å²) in [6.45, 7) is 4.47. The minimum Gasteiger partial charge on any atom is -0.490 e. The van der Waals surface area contributed by atoms with Crippen LogP contribution in [0.5, 0.6) is 5.75 Å². The minimum atomic E-state index is -5.22. The van der Waals surface area contributed by atoms with E-state index in [1.165, 1.54) is 0 Å². The van der Waals surface area contributed by atoms with E-state index in [0.29, 0.717) is 36.9 Å². The first kappa shape index (κ1) is 26.8. The number of hydroxylamine groups is 2. The average molecular weight is 546 g/mol. The van der Waals surface area contributed by atoms with Gasteiger partial charge in [0, 0.05) is 38.9 Å². The quantitative estimate of drug-likeness (QED) is 0.460. The number of hydrogen-bond donors (Lipinski definition) is 2. The lowest BCUT2D eigenvalue weighted by molar-refractivity contribution is -0.225. The number of benzene rings is 2. The van der Waals surface area contributed by atoms with Gasteiger partial charge in [-0.25, -0.2) is 4.79 Å². The fourth-order valence-corrected chi connectivity index (χ4v) is 5.16. The van der Waals surface area contributed by atoms with E-state index in [4.69, 9.17) is 4.74 Å². The second-order valence-corrected chi connectivity index (χ2v) is 9.89. The Balaban J connectivity index is 1.53. The van der Waals surface area contributed by atoms with Crippen molar-refractivity contribution in [2.45, 2.75) is 44.9 Å². The molecule has 2 fully saturated rings. The Kier molecular flexibility index (Phi) is 7.39. The lowest BCUT2D eigenvalue weighted by atomic mass is 9.99. The van der Waals surface area contributed by atoms with Crippen molar-refractivity contribution in [1.29, 1.82) is 0 Å². The van der Waals surface area contributed by atoms with Gasteiger partial charge in [-0.1, -0.05) is 6.07 Å². The van der Waals surface area contributed by atoms with Crippen LogP contribution in [-0.4, -0.2) is 72.6 Å². The Hall–Kier alpha value is -3.80. The summed E-state index contributed by atoms with van der Waals surface area (Å²) in [5.41, 5.74) is 3.93. The zero-order valence-electron chi connectivity index (χ0n) is 21.7. The van der Waals surface area contributed by atoms with Crippen LogP contribution in [0, 0.1) is 6.92 Å². The molecule has 1 saturated heterocycles. The Morgan fingerprint density at radius 1 is 1.08 bits per heavy atom. The highest BCUT2D eigenvalue weighted by atomic mass is 19.4. The molecular weight excluding hydrogens is 515 g/mol. The zero-order chi connectivity index (χ0) is 27.7. The molecule has 2 aliphatic rings. The van der Waals surface area contributed by atoms with Gasteiger partial charge >= 0.3 is 12.1 Å². The number of aromatic amines is 1. The van der Waals surface area contributed by atoms with Crippen molar-refractivity contribution in [2.75, 3.05) is 38.1 Å². The number of carbonyl (C=O) groups excluding carboxylic acids is 2. The summed E-state index contributed by atoms with van der Waals surface area (Å²) in [5, 5.41) is 12.0. The number of hydrogen-bond acceptors (Lipinski definition) is 7. The number of fused-ring (bicyclic) bond motifs is 1. The molecule has 0 radical (unpaired) electrons. The number of halogens is 3. The zero-order valence-corrected chi connectivity index (χ0v) is 21.7. The van der Waals surface area contributed by atoms with Gasteiger partial charge in [-0.15, -0.1) is 0 Å². The number of H-pyrrole nitrogens is 1. The molecule has 2 heterocycles. The first-order chi connectivity index (χ1) is 18.6. The number of nitrogens with one attached hydrogen (secondary N) is 2. The number of carbonyl (C=O) groups is 2. The van der Waals surface area contributed by atoms with Crippen LogP contribution in [0.25, 0.3) is 22.0 Å². The minimum absolute atomic E-state index is 0.122. The van der Waals surface area contributed by atoms with E-state index in [9.17, 15) is 22.8 Å². The molecule has 9 nitrogen and oxygen atoms in total. The number of alkyl halides is 3. The van der Waals surface area contributed by atoms with Crippen LogP contribution in [0.15, 0.2) is 30.3 Å². The second kappa shape index (κ2) is 10.8. The molecule has 0 spiro atoms. The number of nitrogens with zero attached hydrogens (tertiary/aromatic N) is 3. The topological polar surface area (TPSA) is 99.8 Å². The Morgan fingerprint density at radius 2 is 1.79 bits per heavy atom. The summed E-state index contributed by atoms with van der Waals surface area (Å²) in [5.74, 6) is -2.59. The molecule has 5 rings (SSSR count). The maximum atomic E-state index is 13.1. The van der Waals surface area contributed by atoms with Crippen LogP contribution < -0.4 is 15.0 Å². The number of amides is 1. The summed E-state index contributed by atoms with van der Waals surface area (Å²) < 4.78 is 44.6. The van der Waals surface area contributed by atoms with E-state index in [-0.39, 0.29) is 11.7 Å². The Morgan fingerprint density at radius 3 is 2.49 bits per heavy atom. The molecule has 12 heteroatoms. The van der Waals surface area contributed by atoms with Crippen molar-refractivity contribution in [2.24, 2.45) is 0 Å². The van der Waals surface area contributed by atoms with Gasteiger partial charge in [-0.05, 0) is 68.0 Å². The van der Waals surface area contributed by atoms with Crippen LogP contribution in [0.2, 0.25) is 0 Å². The molecule has 0 unspecified atom stereocenters. The van der Waals surface area contributed by atoms with Crippen molar-refractivity contribution < 1.29 is 32.3 Å². The fraction of sp³-hybridized carbons (Fsp3) is 0.444. The SMILES string of the molecule is Cc1[nH]nc2cc(-c3ccc(C(=O)N(C)OC(=O)C(F)(F)F)c(N4CCNCC4)c3)cc(OC3CCCC3)c12. The molecule has 1 saturated carbocycles. The van der Waals surface area contributed by atoms with E-state index < -0.39 is 18.1 Å². The molecule has 1 aliphatic heterocycles. The third-order valence-electron chi connectivity index (χ3n) is 7.15. The fourth-order valence-electron chi connectivity index (χ4n) is 5.16. The smallest absolute Gasteiger partial charge is 0.490 e. The molecule has 1 aliphatic carbocycles. The molecule has 1 amide bonds. The van der Waals surface area contributed by atoms with Gasteiger partial charge in [0.1, 0.15) is 5.75 Å². The van der Waals surface area contributed by atoms with Gasteiger partial charge in [0.25, 0.3) is 5.91 Å². The van der Waals surface area contributed by atoms with Crippen LogP contribution in [0.4, 0.5) is 18.9 Å². The van der Waals surface area contributed by atoms with Crippen molar-refractivity contribution in [1.82, 2.24) is 20.6 Å². The third-order valence-corrected chi connectivity index (χ3v) is 7.15. The predicted octanol–water partition coefficient (Wildman–Crippen LogP) is 4.36. The van der Waals surface area contributed by atoms with Gasteiger partial charge in [-0.3, -0.25) is 9.89 Å². The number of aryl methyl sites for hydroxylation is 1. The van der Waals surface area contributed by atoms with E-state index in [2.05, 4.69) is 20.4 Å². The maximum Gasteiger partial charge on any atom is 0.493 e. The molecule has 3 aromatic rings. The molecule has 1 aromatic heterocycles. The lowest BCUT2D eigenvalue weighted by Gasteiger charge is -2.32. The van der Waals surface area contributed by atoms with Crippen LogP contribution in [-0.2, 0) is 9.63 Å². The second-order valence-electron chi connectivity index (χ2n) is 9.89. The van der Waals surface area contributed by atoms with Crippen molar-refractivity contribution >= 4 is 28.5 Å².